The molecule has 0 spiro atoms. The highest BCUT2D eigenvalue weighted by molar-refractivity contribution is 7.11. The second-order valence-corrected chi connectivity index (χ2v) is 5.51. The monoisotopic (exact) mass is 287 g/mol. The van der Waals surface area contributed by atoms with Crippen LogP contribution in [0.4, 0.5) is 11.9 Å². The molecule has 0 fully saturated rings. The molecule has 7 nitrogen and oxygen atoms in total. The van der Waals surface area contributed by atoms with Crippen molar-refractivity contribution in [1.29, 1.82) is 0 Å². The van der Waals surface area contributed by atoms with Crippen molar-refractivity contribution in [3.05, 3.63) is 40.3 Å². The topological polar surface area (TPSA) is 94.5 Å². The molecule has 0 saturated heterocycles. The van der Waals surface area contributed by atoms with E-state index in [0.717, 1.165) is 0 Å². The fraction of sp³-hybridized carbons (Fsp3) is 0.167. The summed E-state index contributed by atoms with van der Waals surface area (Å²) in [6, 6.07) is 5.95. The van der Waals surface area contributed by atoms with E-state index in [0.29, 0.717) is 18.4 Å². The van der Waals surface area contributed by atoms with E-state index < -0.39 is 0 Å². The van der Waals surface area contributed by atoms with Gasteiger partial charge in [-0.3, -0.25) is 0 Å². The first kappa shape index (κ1) is 12.5. The number of hydrogen-bond donors (Lipinski definition) is 2. The van der Waals surface area contributed by atoms with Crippen molar-refractivity contribution in [2.45, 2.75) is 13.5 Å². The lowest BCUT2D eigenvalue weighted by Crippen LogP contribution is -2.11. The van der Waals surface area contributed by atoms with E-state index in [1.165, 1.54) is 9.75 Å². The normalized spacial score (nSPS) is 10.7. The SMILES string of the molecule is Cc1ccc(CNc2nc(N)nc(-n3cccn3)n2)s1. The largest absolute Gasteiger partial charge is 0.368 e. The van der Waals surface area contributed by atoms with Gasteiger partial charge in [-0.1, -0.05) is 0 Å². The molecule has 0 aromatic carbocycles. The number of nitrogens with zero attached hydrogens (tertiary/aromatic N) is 5. The van der Waals surface area contributed by atoms with Gasteiger partial charge in [-0.2, -0.15) is 20.1 Å². The Balaban J connectivity index is 1.79. The molecule has 8 heteroatoms. The Morgan fingerprint density at radius 1 is 1.30 bits per heavy atom. The van der Waals surface area contributed by atoms with Crippen LogP contribution in [0.25, 0.3) is 5.95 Å². The van der Waals surface area contributed by atoms with E-state index in [4.69, 9.17) is 5.73 Å². The highest BCUT2D eigenvalue weighted by atomic mass is 32.1. The van der Waals surface area contributed by atoms with Gasteiger partial charge >= 0.3 is 0 Å². The van der Waals surface area contributed by atoms with Crippen molar-refractivity contribution < 1.29 is 0 Å². The molecule has 102 valence electrons. The molecule has 0 radical (unpaired) electrons. The summed E-state index contributed by atoms with van der Waals surface area (Å²) in [5, 5.41) is 7.22. The molecule has 0 aliphatic carbocycles. The second-order valence-electron chi connectivity index (χ2n) is 4.13. The smallest absolute Gasteiger partial charge is 0.257 e. The molecule has 0 aliphatic rings. The molecule has 0 saturated carbocycles. The predicted molar refractivity (Wildman–Crippen MR) is 77.7 cm³/mol. The third kappa shape index (κ3) is 2.75. The Morgan fingerprint density at radius 3 is 2.90 bits per heavy atom. The highest BCUT2D eigenvalue weighted by Crippen LogP contribution is 2.16. The van der Waals surface area contributed by atoms with E-state index >= 15 is 0 Å². The van der Waals surface area contributed by atoms with Crippen LogP contribution in [0.3, 0.4) is 0 Å². The van der Waals surface area contributed by atoms with Crippen LogP contribution >= 0.6 is 11.3 Å². The molecule has 3 aromatic rings. The number of hydrogen-bond acceptors (Lipinski definition) is 7. The van der Waals surface area contributed by atoms with Crippen LogP contribution in [0.15, 0.2) is 30.6 Å². The number of anilines is 2. The van der Waals surface area contributed by atoms with Gasteiger partial charge in [0.25, 0.3) is 5.95 Å². The van der Waals surface area contributed by atoms with E-state index in [1.807, 2.05) is 0 Å². The standard InChI is InChI=1S/C12H13N7S/c1-8-3-4-9(20-8)7-14-11-16-10(13)17-12(18-11)19-6-2-5-15-19/h2-6H,7H2,1H3,(H3,13,14,16,17,18). The van der Waals surface area contributed by atoms with Gasteiger partial charge in [-0.25, -0.2) is 4.68 Å². The third-order valence-corrected chi connectivity index (χ3v) is 3.57. The molecule has 0 bridgehead atoms. The fourth-order valence-corrected chi connectivity index (χ4v) is 2.53. The van der Waals surface area contributed by atoms with Crippen LogP contribution in [-0.4, -0.2) is 24.7 Å². The van der Waals surface area contributed by atoms with Gasteiger partial charge in [0.15, 0.2) is 0 Å². The number of aryl methyl sites for hydroxylation is 1. The Kier molecular flexibility index (Phi) is 3.30. The fourth-order valence-electron chi connectivity index (χ4n) is 1.70. The Hall–Kier alpha value is -2.48. The maximum Gasteiger partial charge on any atom is 0.257 e. The van der Waals surface area contributed by atoms with Gasteiger partial charge in [0.05, 0.1) is 6.54 Å². The lowest BCUT2D eigenvalue weighted by molar-refractivity contribution is 0.799. The molecule has 3 N–H and O–H groups in total. The van der Waals surface area contributed by atoms with Crippen molar-refractivity contribution in [2.75, 3.05) is 11.1 Å². The zero-order valence-corrected chi connectivity index (χ0v) is 11.6. The van der Waals surface area contributed by atoms with Crippen LogP contribution < -0.4 is 11.1 Å². The van der Waals surface area contributed by atoms with Gasteiger partial charge in [0.2, 0.25) is 11.9 Å². The summed E-state index contributed by atoms with van der Waals surface area (Å²) in [6.45, 7) is 2.73. The van der Waals surface area contributed by atoms with Crippen LogP contribution in [0, 0.1) is 6.92 Å². The average molecular weight is 287 g/mol. The van der Waals surface area contributed by atoms with Crippen molar-refractivity contribution in [2.24, 2.45) is 0 Å². The first-order chi connectivity index (χ1) is 9.70. The predicted octanol–water partition coefficient (Wildman–Crippen LogP) is 1.62. The third-order valence-electron chi connectivity index (χ3n) is 2.57. The molecule has 0 aliphatic heterocycles. The summed E-state index contributed by atoms with van der Waals surface area (Å²) in [6.07, 6.45) is 3.41. The number of nitrogens with one attached hydrogen (secondary N) is 1. The quantitative estimate of drug-likeness (QED) is 0.757. The molecular formula is C12H13N7S. The van der Waals surface area contributed by atoms with Gasteiger partial charge in [0, 0.05) is 22.1 Å². The van der Waals surface area contributed by atoms with Crippen molar-refractivity contribution in [1.82, 2.24) is 24.7 Å². The van der Waals surface area contributed by atoms with Gasteiger partial charge in [0.1, 0.15) is 0 Å². The summed E-state index contributed by atoms with van der Waals surface area (Å²) in [5.74, 6) is 0.997. The zero-order chi connectivity index (χ0) is 13.9. The minimum Gasteiger partial charge on any atom is -0.368 e. The Labute approximate surface area is 119 Å². The number of aromatic nitrogens is 5. The molecule has 20 heavy (non-hydrogen) atoms. The molecule has 0 amide bonds. The Bertz CT molecular complexity index is 704. The van der Waals surface area contributed by atoms with Crippen LogP contribution in [0.5, 0.6) is 0 Å². The van der Waals surface area contributed by atoms with E-state index in [-0.39, 0.29) is 5.95 Å². The summed E-state index contributed by atoms with van der Waals surface area (Å²) < 4.78 is 1.54. The second kappa shape index (κ2) is 5.25. The van der Waals surface area contributed by atoms with E-state index in [9.17, 15) is 0 Å². The van der Waals surface area contributed by atoms with Gasteiger partial charge in [-0.05, 0) is 25.1 Å². The molecule has 0 atom stereocenters. The zero-order valence-electron chi connectivity index (χ0n) is 10.8. The van der Waals surface area contributed by atoms with Crippen LogP contribution in [0.1, 0.15) is 9.75 Å². The average Bonchev–Trinajstić information content (AvgIpc) is 3.07. The molecule has 3 aromatic heterocycles. The highest BCUT2D eigenvalue weighted by Gasteiger charge is 2.06. The summed E-state index contributed by atoms with van der Waals surface area (Å²) in [7, 11) is 0. The van der Waals surface area contributed by atoms with Gasteiger partial charge in [-0.15, -0.1) is 11.3 Å². The van der Waals surface area contributed by atoms with Crippen molar-refractivity contribution in [3.8, 4) is 5.95 Å². The minimum absolute atomic E-state index is 0.162. The van der Waals surface area contributed by atoms with E-state index in [1.54, 1.807) is 34.5 Å². The van der Waals surface area contributed by atoms with Crippen LogP contribution in [-0.2, 0) is 6.54 Å². The van der Waals surface area contributed by atoms with E-state index in [2.05, 4.69) is 44.4 Å². The van der Waals surface area contributed by atoms with Crippen LogP contribution in [0.2, 0.25) is 0 Å². The number of thiophene rings is 1. The number of rotatable bonds is 4. The maximum absolute atomic E-state index is 5.70. The molecular weight excluding hydrogens is 274 g/mol. The summed E-state index contributed by atoms with van der Waals surface area (Å²) in [5.41, 5.74) is 5.70. The maximum atomic E-state index is 5.70. The first-order valence-corrected chi connectivity index (χ1v) is 6.83. The molecule has 3 heterocycles. The minimum atomic E-state index is 0.162. The number of nitrogen functional groups attached to an aromatic ring is 1. The summed E-state index contributed by atoms with van der Waals surface area (Å²) >= 11 is 1.73. The van der Waals surface area contributed by atoms with Crippen molar-refractivity contribution in [3.63, 3.8) is 0 Å². The van der Waals surface area contributed by atoms with Crippen molar-refractivity contribution >= 4 is 23.2 Å². The Morgan fingerprint density at radius 2 is 2.20 bits per heavy atom. The molecule has 3 rings (SSSR count). The first-order valence-electron chi connectivity index (χ1n) is 6.01. The lowest BCUT2D eigenvalue weighted by Gasteiger charge is -2.06. The summed E-state index contributed by atoms with van der Waals surface area (Å²) in [4.78, 5) is 14.9. The lowest BCUT2D eigenvalue weighted by atomic mass is 10.4. The number of nitrogens with two attached hydrogens (primary N) is 1. The molecule has 0 unspecified atom stereocenters. The van der Waals surface area contributed by atoms with Gasteiger partial charge < -0.3 is 11.1 Å².